The van der Waals surface area contributed by atoms with Gasteiger partial charge in [0.15, 0.2) is 11.6 Å². The van der Waals surface area contributed by atoms with Gasteiger partial charge < -0.3 is 9.47 Å². The largest absolute Gasteiger partial charge is 0.496 e. The summed E-state index contributed by atoms with van der Waals surface area (Å²) in [6.07, 6.45) is 0. The van der Waals surface area contributed by atoms with E-state index in [1.807, 2.05) is 56.4 Å². The van der Waals surface area contributed by atoms with Crippen molar-refractivity contribution in [2.75, 3.05) is 13.7 Å². The minimum Gasteiger partial charge on any atom is -0.496 e. The first-order valence-corrected chi connectivity index (χ1v) is 8.68. The molecule has 0 aliphatic carbocycles. The van der Waals surface area contributed by atoms with Crippen molar-refractivity contribution in [1.82, 2.24) is 14.8 Å². The molecule has 124 valence electrons. The average Bonchev–Trinajstić information content (AvgIpc) is 2.97. The van der Waals surface area contributed by atoms with Crippen molar-refractivity contribution in [1.29, 1.82) is 0 Å². The van der Waals surface area contributed by atoms with Gasteiger partial charge in [0, 0.05) is 16.2 Å². The SMILES string of the molecule is CCOc1cccc(-c2nc(-c3ccc(I)cc3OC)n(C)n2)c1. The molecular weight excluding hydrogens is 417 g/mol. The summed E-state index contributed by atoms with van der Waals surface area (Å²) in [5.74, 6) is 3.03. The standard InChI is InChI=1S/C18H18IN3O2/c1-4-24-14-7-5-6-12(10-14)17-20-18(22(2)21-17)15-9-8-13(19)11-16(15)23-3/h5-11H,4H2,1-3H3. The molecule has 0 fully saturated rings. The molecule has 24 heavy (non-hydrogen) atoms. The first-order chi connectivity index (χ1) is 11.6. The second-order valence-electron chi connectivity index (χ2n) is 5.19. The van der Waals surface area contributed by atoms with Gasteiger partial charge in [0.05, 0.1) is 19.3 Å². The number of ether oxygens (including phenoxy) is 2. The van der Waals surface area contributed by atoms with Gasteiger partial charge in [0.2, 0.25) is 0 Å². The lowest BCUT2D eigenvalue weighted by molar-refractivity contribution is 0.340. The summed E-state index contributed by atoms with van der Waals surface area (Å²) in [6.45, 7) is 2.59. The highest BCUT2D eigenvalue weighted by atomic mass is 127. The Labute approximate surface area is 154 Å². The monoisotopic (exact) mass is 435 g/mol. The fraction of sp³-hybridized carbons (Fsp3) is 0.222. The Balaban J connectivity index is 2.04. The fourth-order valence-corrected chi connectivity index (χ4v) is 2.95. The highest BCUT2D eigenvalue weighted by Crippen LogP contribution is 2.31. The molecule has 0 amide bonds. The van der Waals surface area contributed by atoms with Crippen molar-refractivity contribution >= 4 is 22.6 Å². The van der Waals surface area contributed by atoms with Crippen LogP contribution < -0.4 is 9.47 Å². The third-order valence-electron chi connectivity index (χ3n) is 3.57. The van der Waals surface area contributed by atoms with E-state index >= 15 is 0 Å². The highest BCUT2D eigenvalue weighted by Gasteiger charge is 2.15. The third-order valence-corrected chi connectivity index (χ3v) is 4.24. The van der Waals surface area contributed by atoms with E-state index in [1.54, 1.807) is 11.8 Å². The van der Waals surface area contributed by atoms with E-state index in [-0.39, 0.29) is 0 Å². The van der Waals surface area contributed by atoms with Crippen molar-refractivity contribution in [3.63, 3.8) is 0 Å². The fourth-order valence-electron chi connectivity index (χ4n) is 2.48. The Morgan fingerprint density at radius 2 is 2.00 bits per heavy atom. The smallest absolute Gasteiger partial charge is 0.181 e. The number of nitrogens with zero attached hydrogens (tertiary/aromatic N) is 3. The van der Waals surface area contributed by atoms with E-state index in [1.165, 1.54) is 0 Å². The molecule has 6 heteroatoms. The zero-order valence-corrected chi connectivity index (χ0v) is 15.9. The lowest BCUT2D eigenvalue weighted by Crippen LogP contribution is -1.97. The van der Waals surface area contributed by atoms with Crippen LogP contribution in [0.2, 0.25) is 0 Å². The summed E-state index contributed by atoms with van der Waals surface area (Å²) in [6, 6.07) is 13.8. The topological polar surface area (TPSA) is 49.2 Å². The van der Waals surface area contributed by atoms with Crippen LogP contribution in [0.3, 0.4) is 0 Å². The van der Waals surface area contributed by atoms with E-state index in [9.17, 15) is 0 Å². The van der Waals surface area contributed by atoms with Gasteiger partial charge in [-0.1, -0.05) is 12.1 Å². The normalized spacial score (nSPS) is 10.7. The molecular formula is C18H18IN3O2. The van der Waals surface area contributed by atoms with Crippen LogP contribution >= 0.6 is 22.6 Å². The number of rotatable bonds is 5. The number of halogens is 1. The molecule has 1 aromatic heterocycles. The predicted molar refractivity (Wildman–Crippen MR) is 102 cm³/mol. The molecule has 0 aliphatic heterocycles. The van der Waals surface area contributed by atoms with Gasteiger partial charge in [-0.25, -0.2) is 9.67 Å². The maximum atomic E-state index is 5.56. The number of benzene rings is 2. The maximum Gasteiger partial charge on any atom is 0.181 e. The molecule has 0 saturated carbocycles. The second-order valence-corrected chi connectivity index (χ2v) is 6.43. The van der Waals surface area contributed by atoms with Crippen LogP contribution in [0, 0.1) is 3.57 Å². The Hall–Kier alpha value is -2.09. The van der Waals surface area contributed by atoms with Crippen molar-refractivity contribution in [3.8, 4) is 34.3 Å². The van der Waals surface area contributed by atoms with Crippen LogP contribution in [0.15, 0.2) is 42.5 Å². The minimum absolute atomic E-state index is 0.629. The maximum absolute atomic E-state index is 5.56. The van der Waals surface area contributed by atoms with E-state index < -0.39 is 0 Å². The molecule has 1 heterocycles. The third kappa shape index (κ3) is 3.38. The summed E-state index contributed by atoms with van der Waals surface area (Å²) in [7, 11) is 3.55. The van der Waals surface area contributed by atoms with Crippen LogP contribution in [-0.4, -0.2) is 28.5 Å². The summed E-state index contributed by atoms with van der Waals surface area (Å²) in [5.41, 5.74) is 1.84. The van der Waals surface area contributed by atoms with Crippen molar-refractivity contribution in [2.24, 2.45) is 7.05 Å². The Bertz CT molecular complexity index is 861. The molecule has 0 aliphatic rings. The molecule has 0 unspecified atom stereocenters. The molecule has 2 aromatic carbocycles. The van der Waals surface area contributed by atoms with E-state index in [2.05, 4.69) is 27.7 Å². The van der Waals surface area contributed by atoms with Crippen LogP contribution in [0.1, 0.15) is 6.92 Å². The summed E-state index contributed by atoms with van der Waals surface area (Å²) < 4.78 is 13.9. The molecule has 3 rings (SSSR count). The minimum atomic E-state index is 0.629. The molecule has 5 nitrogen and oxygen atoms in total. The lowest BCUT2D eigenvalue weighted by Gasteiger charge is -2.07. The van der Waals surface area contributed by atoms with Crippen LogP contribution in [0.4, 0.5) is 0 Å². The van der Waals surface area contributed by atoms with E-state index in [0.717, 1.165) is 32.0 Å². The van der Waals surface area contributed by atoms with E-state index in [0.29, 0.717) is 12.4 Å². The average molecular weight is 435 g/mol. The quantitative estimate of drug-likeness (QED) is 0.565. The summed E-state index contributed by atoms with van der Waals surface area (Å²) in [4.78, 5) is 4.70. The molecule has 0 radical (unpaired) electrons. The molecule has 0 spiro atoms. The van der Waals surface area contributed by atoms with Gasteiger partial charge in [-0.2, -0.15) is 5.10 Å². The van der Waals surface area contributed by atoms with Gasteiger partial charge in [-0.05, 0) is 59.8 Å². The van der Waals surface area contributed by atoms with Crippen molar-refractivity contribution in [2.45, 2.75) is 6.92 Å². The molecule has 0 bridgehead atoms. The van der Waals surface area contributed by atoms with Crippen molar-refractivity contribution < 1.29 is 9.47 Å². The number of hydrogen-bond donors (Lipinski definition) is 0. The number of aromatic nitrogens is 3. The molecule has 3 aromatic rings. The van der Waals surface area contributed by atoms with Crippen LogP contribution in [0.5, 0.6) is 11.5 Å². The molecule has 0 saturated heterocycles. The Morgan fingerprint density at radius 1 is 1.17 bits per heavy atom. The Kier molecular flexibility index (Phi) is 5.03. The number of hydrogen-bond acceptors (Lipinski definition) is 4. The summed E-state index contributed by atoms with van der Waals surface area (Å²) >= 11 is 2.26. The van der Waals surface area contributed by atoms with Gasteiger partial charge in [0.1, 0.15) is 11.5 Å². The lowest BCUT2D eigenvalue weighted by atomic mass is 10.2. The van der Waals surface area contributed by atoms with Crippen molar-refractivity contribution in [3.05, 3.63) is 46.0 Å². The second kappa shape index (κ2) is 7.21. The number of methoxy groups -OCH3 is 1. The first kappa shape index (κ1) is 16.8. The van der Waals surface area contributed by atoms with Gasteiger partial charge >= 0.3 is 0 Å². The van der Waals surface area contributed by atoms with Crippen LogP contribution in [-0.2, 0) is 7.05 Å². The van der Waals surface area contributed by atoms with E-state index in [4.69, 9.17) is 14.5 Å². The number of aryl methyl sites for hydroxylation is 1. The zero-order valence-electron chi connectivity index (χ0n) is 13.8. The predicted octanol–water partition coefficient (Wildman–Crippen LogP) is 4.16. The van der Waals surface area contributed by atoms with Gasteiger partial charge in [-0.3, -0.25) is 0 Å². The molecule has 0 N–H and O–H groups in total. The van der Waals surface area contributed by atoms with Gasteiger partial charge in [0.25, 0.3) is 0 Å². The zero-order chi connectivity index (χ0) is 17.1. The van der Waals surface area contributed by atoms with Crippen LogP contribution in [0.25, 0.3) is 22.8 Å². The Morgan fingerprint density at radius 3 is 2.75 bits per heavy atom. The first-order valence-electron chi connectivity index (χ1n) is 7.60. The highest BCUT2D eigenvalue weighted by molar-refractivity contribution is 14.1. The van der Waals surface area contributed by atoms with Gasteiger partial charge in [-0.15, -0.1) is 0 Å². The summed E-state index contributed by atoms with van der Waals surface area (Å²) in [5, 5.41) is 4.55. The molecule has 0 atom stereocenters.